The Morgan fingerprint density at radius 2 is 2.00 bits per heavy atom. The third kappa shape index (κ3) is 5.03. The Bertz CT molecular complexity index is 704. The number of nitrogens with zero attached hydrogens (tertiary/aromatic N) is 2. The second kappa shape index (κ2) is 6.74. The molecule has 0 aliphatic heterocycles. The molecule has 1 aromatic carbocycles. The summed E-state index contributed by atoms with van der Waals surface area (Å²) in [5.74, 6) is 0. The summed E-state index contributed by atoms with van der Waals surface area (Å²) in [6.45, 7) is 5.65. The number of amides is 1. The van der Waals surface area contributed by atoms with Gasteiger partial charge in [0.25, 0.3) is 5.69 Å². The number of rotatable bonds is 4. The molecule has 0 saturated carbocycles. The van der Waals surface area contributed by atoms with Crippen molar-refractivity contribution in [3.8, 4) is 11.3 Å². The summed E-state index contributed by atoms with van der Waals surface area (Å²) in [4.78, 5) is 26.2. The molecule has 0 atom stereocenters. The highest BCUT2D eigenvalue weighted by Gasteiger charge is 2.16. The SMILES string of the molecule is CC(C)(C)OC(=O)NCc1nc(-c2ccc([N+](=O)[O-])cc2)cs1. The lowest BCUT2D eigenvalue weighted by Gasteiger charge is -2.19. The average molecular weight is 335 g/mol. The number of carbonyl (C=O) groups is 1. The van der Waals surface area contributed by atoms with Gasteiger partial charge >= 0.3 is 6.09 Å². The first-order chi connectivity index (χ1) is 10.7. The maximum Gasteiger partial charge on any atom is 0.408 e. The molecule has 0 spiro atoms. The lowest BCUT2D eigenvalue weighted by Crippen LogP contribution is -2.32. The van der Waals surface area contributed by atoms with E-state index >= 15 is 0 Å². The van der Waals surface area contributed by atoms with Crippen LogP contribution in [0.4, 0.5) is 10.5 Å². The lowest BCUT2D eigenvalue weighted by molar-refractivity contribution is -0.384. The molecule has 0 aliphatic carbocycles. The molecule has 0 saturated heterocycles. The average Bonchev–Trinajstić information content (AvgIpc) is 2.92. The zero-order valence-electron chi connectivity index (χ0n) is 13.0. The Hall–Kier alpha value is -2.48. The maximum absolute atomic E-state index is 11.6. The fourth-order valence-electron chi connectivity index (χ4n) is 1.74. The van der Waals surface area contributed by atoms with Gasteiger partial charge in [-0.3, -0.25) is 10.1 Å². The van der Waals surface area contributed by atoms with Crippen LogP contribution in [0.3, 0.4) is 0 Å². The Morgan fingerprint density at radius 1 is 1.35 bits per heavy atom. The summed E-state index contributed by atoms with van der Waals surface area (Å²) in [5.41, 5.74) is 0.994. The van der Waals surface area contributed by atoms with Crippen molar-refractivity contribution < 1.29 is 14.5 Å². The number of hydrogen-bond donors (Lipinski definition) is 1. The van der Waals surface area contributed by atoms with E-state index in [0.717, 1.165) is 10.6 Å². The van der Waals surface area contributed by atoms with Gasteiger partial charge in [0, 0.05) is 23.1 Å². The number of thiazole rings is 1. The minimum absolute atomic E-state index is 0.0378. The first kappa shape index (κ1) is 16.9. The highest BCUT2D eigenvalue weighted by atomic mass is 32.1. The van der Waals surface area contributed by atoms with Gasteiger partial charge in [0.05, 0.1) is 17.2 Å². The second-order valence-corrected chi connectivity index (χ2v) is 6.73. The van der Waals surface area contributed by atoms with E-state index in [0.29, 0.717) is 5.69 Å². The Balaban J connectivity index is 1.98. The first-order valence-electron chi connectivity index (χ1n) is 6.91. The van der Waals surface area contributed by atoms with Crippen LogP contribution in [0.1, 0.15) is 25.8 Å². The van der Waals surface area contributed by atoms with Crippen LogP contribution in [-0.4, -0.2) is 21.6 Å². The van der Waals surface area contributed by atoms with Gasteiger partial charge in [-0.1, -0.05) is 0 Å². The van der Waals surface area contributed by atoms with Crippen LogP contribution in [0.5, 0.6) is 0 Å². The van der Waals surface area contributed by atoms with E-state index in [1.807, 2.05) is 5.38 Å². The fourth-order valence-corrected chi connectivity index (χ4v) is 2.48. The number of aromatic nitrogens is 1. The molecular weight excluding hydrogens is 318 g/mol. The Kier molecular flexibility index (Phi) is 4.95. The Morgan fingerprint density at radius 3 is 2.57 bits per heavy atom. The minimum atomic E-state index is -0.545. The minimum Gasteiger partial charge on any atom is -0.444 e. The van der Waals surface area contributed by atoms with Gasteiger partial charge in [0.15, 0.2) is 0 Å². The molecule has 1 heterocycles. The van der Waals surface area contributed by atoms with Crippen LogP contribution in [0.2, 0.25) is 0 Å². The summed E-state index contributed by atoms with van der Waals surface area (Å²) < 4.78 is 5.15. The van der Waals surface area contributed by atoms with Crippen LogP contribution in [-0.2, 0) is 11.3 Å². The number of nitro groups is 1. The van der Waals surface area contributed by atoms with E-state index in [2.05, 4.69) is 10.3 Å². The molecular formula is C15H17N3O4S. The molecule has 0 aliphatic rings. The fraction of sp³-hybridized carbons (Fsp3) is 0.333. The topological polar surface area (TPSA) is 94.4 Å². The Labute approximate surface area is 137 Å². The highest BCUT2D eigenvalue weighted by Crippen LogP contribution is 2.24. The predicted octanol–water partition coefficient (Wildman–Crippen LogP) is 3.74. The third-order valence-electron chi connectivity index (χ3n) is 2.71. The van der Waals surface area contributed by atoms with Crippen molar-refractivity contribution in [1.82, 2.24) is 10.3 Å². The third-order valence-corrected chi connectivity index (χ3v) is 3.56. The zero-order valence-corrected chi connectivity index (χ0v) is 13.8. The maximum atomic E-state index is 11.6. The number of carbonyl (C=O) groups excluding carboxylic acids is 1. The number of alkyl carbamates (subject to hydrolysis) is 1. The van der Waals surface area contributed by atoms with E-state index in [-0.39, 0.29) is 12.2 Å². The van der Waals surface area contributed by atoms with Gasteiger partial charge in [0.1, 0.15) is 10.6 Å². The van der Waals surface area contributed by atoms with E-state index in [1.54, 1.807) is 32.9 Å². The number of ether oxygens (including phenoxy) is 1. The molecule has 122 valence electrons. The molecule has 2 aromatic rings. The number of non-ortho nitro benzene ring substituents is 1. The molecule has 0 unspecified atom stereocenters. The quantitative estimate of drug-likeness (QED) is 0.678. The van der Waals surface area contributed by atoms with Crippen molar-refractivity contribution in [1.29, 1.82) is 0 Å². The lowest BCUT2D eigenvalue weighted by atomic mass is 10.1. The number of nitro benzene ring substituents is 1. The molecule has 7 nitrogen and oxygen atoms in total. The van der Waals surface area contributed by atoms with E-state index in [4.69, 9.17) is 4.74 Å². The van der Waals surface area contributed by atoms with Crippen molar-refractivity contribution in [2.45, 2.75) is 32.9 Å². The molecule has 0 fully saturated rings. The van der Waals surface area contributed by atoms with Crippen LogP contribution < -0.4 is 5.32 Å². The highest BCUT2D eigenvalue weighted by molar-refractivity contribution is 7.09. The normalized spacial score (nSPS) is 11.1. The summed E-state index contributed by atoms with van der Waals surface area (Å²) >= 11 is 1.40. The summed E-state index contributed by atoms with van der Waals surface area (Å²) in [6.07, 6.45) is -0.496. The van der Waals surface area contributed by atoms with E-state index in [1.165, 1.54) is 23.5 Å². The van der Waals surface area contributed by atoms with Gasteiger partial charge in [-0.05, 0) is 32.9 Å². The van der Waals surface area contributed by atoms with Gasteiger partial charge in [-0.2, -0.15) is 0 Å². The van der Waals surface area contributed by atoms with Crippen LogP contribution in [0.15, 0.2) is 29.6 Å². The zero-order chi connectivity index (χ0) is 17.0. The molecule has 1 aromatic heterocycles. The van der Waals surface area contributed by atoms with Crippen molar-refractivity contribution in [3.63, 3.8) is 0 Å². The number of nitrogens with one attached hydrogen (secondary N) is 1. The monoisotopic (exact) mass is 335 g/mol. The summed E-state index contributed by atoms with van der Waals surface area (Å²) in [7, 11) is 0. The van der Waals surface area contributed by atoms with Gasteiger partial charge in [-0.15, -0.1) is 11.3 Å². The van der Waals surface area contributed by atoms with Crippen LogP contribution in [0.25, 0.3) is 11.3 Å². The largest absolute Gasteiger partial charge is 0.444 e. The molecule has 1 N–H and O–H groups in total. The standard InChI is InChI=1S/C15H17N3O4S/c1-15(2,3)22-14(19)16-8-13-17-12(9-23-13)10-4-6-11(7-5-10)18(20)21/h4-7,9H,8H2,1-3H3,(H,16,19). The van der Waals surface area contributed by atoms with E-state index < -0.39 is 16.6 Å². The van der Waals surface area contributed by atoms with Crippen LogP contribution >= 0.6 is 11.3 Å². The smallest absolute Gasteiger partial charge is 0.408 e. The second-order valence-electron chi connectivity index (χ2n) is 5.79. The molecule has 8 heteroatoms. The number of hydrogen-bond acceptors (Lipinski definition) is 6. The first-order valence-corrected chi connectivity index (χ1v) is 7.78. The van der Waals surface area contributed by atoms with Crippen molar-refractivity contribution >= 4 is 23.1 Å². The van der Waals surface area contributed by atoms with Crippen molar-refractivity contribution in [2.75, 3.05) is 0 Å². The summed E-state index contributed by atoms with van der Waals surface area (Å²) in [6, 6.07) is 6.18. The van der Waals surface area contributed by atoms with E-state index in [9.17, 15) is 14.9 Å². The van der Waals surface area contributed by atoms with Crippen molar-refractivity contribution in [2.24, 2.45) is 0 Å². The number of benzene rings is 1. The van der Waals surface area contributed by atoms with Gasteiger partial charge in [-0.25, -0.2) is 9.78 Å². The predicted molar refractivity (Wildman–Crippen MR) is 87.3 cm³/mol. The molecule has 1 amide bonds. The molecule has 2 rings (SSSR count). The van der Waals surface area contributed by atoms with Gasteiger partial charge < -0.3 is 10.1 Å². The molecule has 23 heavy (non-hydrogen) atoms. The molecule has 0 radical (unpaired) electrons. The van der Waals surface area contributed by atoms with Crippen LogP contribution in [0, 0.1) is 10.1 Å². The molecule has 0 bridgehead atoms. The van der Waals surface area contributed by atoms with Gasteiger partial charge in [0.2, 0.25) is 0 Å². The van der Waals surface area contributed by atoms with Crippen molar-refractivity contribution in [3.05, 3.63) is 44.8 Å². The summed E-state index contributed by atoms with van der Waals surface area (Å²) in [5, 5.41) is 15.8.